The molecule has 0 unspecified atom stereocenters. The highest BCUT2D eigenvalue weighted by molar-refractivity contribution is 9.10. The fraction of sp³-hybridized carbons (Fsp3) is 0.300. The fourth-order valence-corrected chi connectivity index (χ4v) is 1.67. The summed E-state index contributed by atoms with van der Waals surface area (Å²) in [6, 6.07) is 5.06. The number of hydroxylamine groups is 1. The largest absolute Gasteiger partial charge is 0.496 e. The van der Waals surface area contributed by atoms with Crippen molar-refractivity contribution in [2.24, 2.45) is 0 Å². The van der Waals surface area contributed by atoms with Crippen LogP contribution in [0, 0.1) is 0 Å². The van der Waals surface area contributed by atoms with Gasteiger partial charge in [0, 0.05) is 0 Å². The molecule has 0 aliphatic carbocycles. The molecule has 0 heterocycles. The van der Waals surface area contributed by atoms with E-state index < -0.39 is 5.91 Å². The van der Waals surface area contributed by atoms with Crippen LogP contribution in [0.25, 0.3) is 0 Å². The molecule has 1 rings (SSSR count). The van der Waals surface area contributed by atoms with Gasteiger partial charge in [-0.25, -0.2) is 5.48 Å². The molecule has 6 heteroatoms. The van der Waals surface area contributed by atoms with E-state index in [1.807, 2.05) is 0 Å². The lowest BCUT2D eigenvalue weighted by Gasteiger charge is -2.09. The topological polar surface area (TPSA) is 67.8 Å². The number of aliphatic hydroxyl groups excluding tert-OH is 1. The van der Waals surface area contributed by atoms with E-state index in [9.17, 15) is 4.79 Å². The quantitative estimate of drug-likeness (QED) is 0.629. The second-order valence-corrected chi connectivity index (χ2v) is 3.62. The molecular formula is C10H12BrNO4. The van der Waals surface area contributed by atoms with E-state index in [-0.39, 0.29) is 13.2 Å². The lowest BCUT2D eigenvalue weighted by molar-refractivity contribution is 0.0167. The summed E-state index contributed by atoms with van der Waals surface area (Å²) in [6.07, 6.45) is 0. The van der Waals surface area contributed by atoms with E-state index in [1.165, 1.54) is 7.11 Å². The molecule has 0 spiro atoms. The average Bonchev–Trinajstić information content (AvgIpc) is 2.29. The maximum Gasteiger partial charge on any atom is 0.276 e. The summed E-state index contributed by atoms with van der Waals surface area (Å²) in [7, 11) is 1.52. The van der Waals surface area contributed by atoms with Crippen LogP contribution in [0.4, 0.5) is 0 Å². The van der Waals surface area contributed by atoms with Crippen LogP contribution in [-0.2, 0) is 4.84 Å². The zero-order chi connectivity index (χ0) is 12.0. The molecule has 0 saturated heterocycles. The van der Waals surface area contributed by atoms with Gasteiger partial charge in [-0.05, 0) is 28.1 Å². The van der Waals surface area contributed by atoms with Crippen LogP contribution in [0.1, 0.15) is 10.4 Å². The van der Waals surface area contributed by atoms with Crippen LogP contribution in [-0.4, -0.2) is 31.3 Å². The van der Waals surface area contributed by atoms with E-state index in [0.717, 1.165) is 0 Å². The van der Waals surface area contributed by atoms with Crippen LogP contribution in [0.5, 0.6) is 5.75 Å². The molecule has 2 N–H and O–H groups in total. The highest BCUT2D eigenvalue weighted by Gasteiger charge is 2.13. The number of nitrogens with one attached hydrogen (secondary N) is 1. The first-order chi connectivity index (χ1) is 7.70. The van der Waals surface area contributed by atoms with Gasteiger partial charge in [-0.3, -0.25) is 9.63 Å². The molecular weight excluding hydrogens is 278 g/mol. The van der Waals surface area contributed by atoms with E-state index in [0.29, 0.717) is 15.8 Å². The third kappa shape index (κ3) is 3.19. The van der Waals surface area contributed by atoms with Crippen LogP contribution in [0.2, 0.25) is 0 Å². The van der Waals surface area contributed by atoms with Crippen LogP contribution < -0.4 is 10.2 Å². The summed E-state index contributed by atoms with van der Waals surface area (Å²) in [5.41, 5.74) is 2.61. The molecule has 0 aliphatic rings. The highest BCUT2D eigenvalue weighted by atomic mass is 79.9. The molecule has 0 aromatic heterocycles. The minimum Gasteiger partial charge on any atom is -0.496 e. The number of halogens is 1. The van der Waals surface area contributed by atoms with Crippen LogP contribution >= 0.6 is 15.9 Å². The Morgan fingerprint density at radius 3 is 2.94 bits per heavy atom. The van der Waals surface area contributed by atoms with E-state index in [1.54, 1.807) is 18.2 Å². The predicted molar refractivity (Wildman–Crippen MR) is 61.2 cm³/mol. The van der Waals surface area contributed by atoms with E-state index in [4.69, 9.17) is 14.7 Å². The average molecular weight is 290 g/mol. The smallest absolute Gasteiger partial charge is 0.276 e. The molecule has 0 bridgehead atoms. The van der Waals surface area contributed by atoms with Crippen molar-refractivity contribution in [2.45, 2.75) is 0 Å². The van der Waals surface area contributed by atoms with Gasteiger partial charge in [-0.2, -0.15) is 0 Å². The van der Waals surface area contributed by atoms with Crippen molar-refractivity contribution in [3.63, 3.8) is 0 Å². The first-order valence-electron chi connectivity index (χ1n) is 4.56. The second kappa shape index (κ2) is 6.47. The number of rotatable bonds is 5. The molecule has 0 fully saturated rings. The van der Waals surface area contributed by atoms with E-state index in [2.05, 4.69) is 21.4 Å². The summed E-state index contributed by atoms with van der Waals surface area (Å²) >= 11 is 3.26. The lowest BCUT2D eigenvalue weighted by Crippen LogP contribution is -2.25. The first-order valence-corrected chi connectivity index (χ1v) is 5.35. The number of hydrogen-bond acceptors (Lipinski definition) is 4. The number of aliphatic hydroxyl groups is 1. The van der Waals surface area contributed by atoms with Gasteiger partial charge in [0.25, 0.3) is 5.91 Å². The molecule has 0 aliphatic heterocycles. The molecule has 0 atom stereocenters. The molecule has 1 aromatic carbocycles. The van der Waals surface area contributed by atoms with Crippen molar-refractivity contribution in [3.8, 4) is 5.75 Å². The Bertz CT molecular complexity index is 370. The Kier molecular flexibility index (Phi) is 5.24. The third-order valence-corrected chi connectivity index (χ3v) is 2.60. The van der Waals surface area contributed by atoms with Gasteiger partial charge in [0.2, 0.25) is 0 Å². The lowest BCUT2D eigenvalue weighted by atomic mass is 10.2. The summed E-state index contributed by atoms with van der Waals surface area (Å²) < 4.78 is 5.61. The predicted octanol–water partition coefficient (Wildman–Crippen LogP) is 1.11. The molecule has 5 nitrogen and oxygen atoms in total. The number of hydrogen-bond donors (Lipinski definition) is 2. The Balaban J connectivity index is 2.75. The number of ether oxygens (including phenoxy) is 1. The number of carbonyl (C=O) groups is 1. The van der Waals surface area contributed by atoms with Crippen molar-refractivity contribution in [1.29, 1.82) is 0 Å². The Hall–Kier alpha value is -1.11. The van der Waals surface area contributed by atoms with E-state index >= 15 is 0 Å². The summed E-state index contributed by atoms with van der Waals surface area (Å²) in [4.78, 5) is 16.3. The normalized spacial score (nSPS) is 9.94. The van der Waals surface area contributed by atoms with Gasteiger partial charge in [0.05, 0.1) is 30.4 Å². The van der Waals surface area contributed by atoms with Crippen molar-refractivity contribution in [2.75, 3.05) is 20.3 Å². The van der Waals surface area contributed by atoms with Gasteiger partial charge < -0.3 is 9.84 Å². The number of carbonyl (C=O) groups excluding carboxylic acids is 1. The van der Waals surface area contributed by atoms with Crippen molar-refractivity contribution in [3.05, 3.63) is 28.2 Å². The molecule has 0 saturated carbocycles. The number of benzene rings is 1. The van der Waals surface area contributed by atoms with Crippen molar-refractivity contribution in [1.82, 2.24) is 5.48 Å². The van der Waals surface area contributed by atoms with Gasteiger partial charge in [0.15, 0.2) is 0 Å². The fourth-order valence-electron chi connectivity index (χ4n) is 1.06. The van der Waals surface area contributed by atoms with Crippen molar-refractivity contribution < 1.29 is 19.5 Å². The minimum absolute atomic E-state index is 0.0489. The third-order valence-electron chi connectivity index (χ3n) is 1.79. The number of methoxy groups -OCH3 is 1. The summed E-state index contributed by atoms with van der Waals surface area (Å²) in [5, 5.41) is 8.48. The van der Waals surface area contributed by atoms with Crippen LogP contribution in [0.3, 0.4) is 0 Å². The standard InChI is InChI=1S/C10H12BrNO4/c1-15-8-4-2-3-7(9(8)11)10(14)12-16-6-5-13/h2-4,13H,5-6H2,1H3,(H,12,14). The zero-order valence-electron chi connectivity index (χ0n) is 8.70. The minimum atomic E-state index is -0.403. The van der Waals surface area contributed by atoms with Gasteiger partial charge >= 0.3 is 0 Å². The Morgan fingerprint density at radius 1 is 1.56 bits per heavy atom. The number of amides is 1. The van der Waals surface area contributed by atoms with Gasteiger partial charge in [-0.15, -0.1) is 0 Å². The molecule has 1 aromatic rings. The second-order valence-electron chi connectivity index (χ2n) is 2.83. The SMILES string of the molecule is COc1cccc(C(=O)NOCCO)c1Br. The van der Waals surface area contributed by atoms with Gasteiger partial charge in [0.1, 0.15) is 5.75 Å². The molecule has 16 heavy (non-hydrogen) atoms. The molecule has 88 valence electrons. The summed E-state index contributed by atoms with van der Waals surface area (Å²) in [6.45, 7) is -0.104. The first kappa shape index (κ1) is 13.0. The van der Waals surface area contributed by atoms with Crippen LogP contribution in [0.15, 0.2) is 22.7 Å². The summed E-state index contributed by atoms with van der Waals surface area (Å²) in [5.74, 6) is 0.161. The monoisotopic (exact) mass is 289 g/mol. The maximum atomic E-state index is 11.6. The highest BCUT2D eigenvalue weighted by Crippen LogP contribution is 2.28. The Labute approximate surface area is 101 Å². The molecule has 1 amide bonds. The molecule has 0 radical (unpaired) electrons. The zero-order valence-corrected chi connectivity index (χ0v) is 10.3. The van der Waals surface area contributed by atoms with Crippen molar-refractivity contribution >= 4 is 21.8 Å². The van der Waals surface area contributed by atoms with Gasteiger partial charge in [-0.1, -0.05) is 6.07 Å². The Morgan fingerprint density at radius 2 is 2.31 bits per heavy atom. The maximum absolute atomic E-state index is 11.6.